The van der Waals surface area contributed by atoms with Crippen LogP contribution < -0.4 is 5.73 Å². The Balaban J connectivity index is 3.52. The zero-order valence-corrected chi connectivity index (χ0v) is 10.8. The SMILES string of the molecule is CSCCCCCN=C(N)C(C)(C)C. The van der Waals surface area contributed by atoms with Crippen LogP contribution in [0.25, 0.3) is 0 Å². The molecule has 0 fully saturated rings. The van der Waals surface area contributed by atoms with Gasteiger partial charge >= 0.3 is 0 Å². The lowest BCUT2D eigenvalue weighted by Crippen LogP contribution is -2.29. The quantitative estimate of drug-likeness (QED) is 0.421. The third kappa shape index (κ3) is 7.25. The Morgan fingerprint density at radius 1 is 1.21 bits per heavy atom. The molecule has 0 unspecified atom stereocenters. The first-order valence-electron chi connectivity index (χ1n) is 5.28. The van der Waals surface area contributed by atoms with E-state index >= 15 is 0 Å². The lowest BCUT2D eigenvalue weighted by Gasteiger charge is -2.17. The highest BCUT2D eigenvalue weighted by Gasteiger charge is 2.14. The largest absolute Gasteiger partial charge is 0.387 e. The standard InChI is InChI=1S/C11H24N2S/c1-11(2,3)10(12)13-8-6-5-7-9-14-4/h5-9H2,1-4H3,(H2,12,13). The number of thioether (sulfide) groups is 1. The van der Waals surface area contributed by atoms with Gasteiger partial charge in [-0.25, -0.2) is 0 Å². The minimum atomic E-state index is 0.0271. The summed E-state index contributed by atoms with van der Waals surface area (Å²) in [5.74, 6) is 2.04. The van der Waals surface area contributed by atoms with E-state index in [-0.39, 0.29) is 5.41 Å². The second-order valence-corrected chi connectivity index (χ2v) is 5.56. The van der Waals surface area contributed by atoms with Crippen molar-refractivity contribution in [1.82, 2.24) is 0 Å². The maximum Gasteiger partial charge on any atom is 0.0991 e. The molecule has 0 atom stereocenters. The van der Waals surface area contributed by atoms with Crippen molar-refractivity contribution in [3.63, 3.8) is 0 Å². The molecule has 14 heavy (non-hydrogen) atoms. The highest BCUT2D eigenvalue weighted by Crippen LogP contribution is 2.12. The van der Waals surface area contributed by atoms with Crippen LogP contribution in [0.4, 0.5) is 0 Å². The summed E-state index contributed by atoms with van der Waals surface area (Å²) in [5, 5.41) is 0. The molecule has 0 aromatic rings. The maximum absolute atomic E-state index is 5.84. The Morgan fingerprint density at radius 3 is 2.36 bits per heavy atom. The Labute approximate surface area is 92.7 Å². The van der Waals surface area contributed by atoms with Gasteiger partial charge in [-0.1, -0.05) is 27.2 Å². The fourth-order valence-electron chi connectivity index (χ4n) is 0.972. The van der Waals surface area contributed by atoms with Crippen molar-refractivity contribution in [2.24, 2.45) is 16.1 Å². The number of hydrogen-bond donors (Lipinski definition) is 1. The number of nitrogens with zero attached hydrogens (tertiary/aromatic N) is 1. The molecule has 0 aromatic heterocycles. The predicted molar refractivity (Wildman–Crippen MR) is 68.2 cm³/mol. The molecule has 0 aliphatic rings. The van der Waals surface area contributed by atoms with Gasteiger partial charge in [0.25, 0.3) is 0 Å². The van der Waals surface area contributed by atoms with Gasteiger partial charge in [0.1, 0.15) is 0 Å². The average molecular weight is 216 g/mol. The van der Waals surface area contributed by atoms with Crippen LogP contribution in [0.1, 0.15) is 40.0 Å². The zero-order valence-electron chi connectivity index (χ0n) is 9.97. The van der Waals surface area contributed by atoms with E-state index in [0.29, 0.717) is 0 Å². The highest BCUT2D eigenvalue weighted by atomic mass is 32.2. The number of nitrogens with two attached hydrogens (primary N) is 1. The molecule has 0 aliphatic heterocycles. The van der Waals surface area contributed by atoms with E-state index < -0.39 is 0 Å². The summed E-state index contributed by atoms with van der Waals surface area (Å²) in [6, 6.07) is 0. The van der Waals surface area contributed by atoms with E-state index in [1.807, 2.05) is 11.8 Å². The molecule has 0 radical (unpaired) electrons. The van der Waals surface area contributed by atoms with Crippen molar-refractivity contribution in [3.8, 4) is 0 Å². The van der Waals surface area contributed by atoms with E-state index in [2.05, 4.69) is 32.0 Å². The number of rotatable bonds is 6. The molecule has 0 saturated heterocycles. The van der Waals surface area contributed by atoms with Gasteiger partial charge in [-0.3, -0.25) is 4.99 Å². The molecular weight excluding hydrogens is 192 g/mol. The third-order valence-corrected chi connectivity index (χ3v) is 2.75. The molecule has 0 bridgehead atoms. The first-order valence-corrected chi connectivity index (χ1v) is 6.67. The normalized spacial score (nSPS) is 13.3. The lowest BCUT2D eigenvalue weighted by molar-refractivity contribution is 0.579. The molecule has 0 aliphatic carbocycles. The first kappa shape index (κ1) is 13.8. The van der Waals surface area contributed by atoms with Crippen LogP contribution in [0, 0.1) is 5.41 Å². The second-order valence-electron chi connectivity index (χ2n) is 4.57. The van der Waals surface area contributed by atoms with Crippen LogP contribution in [0.3, 0.4) is 0 Å². The molecule has 0 heterocycles. The number of unbranched alkanes of at least 4 members (excludes halogenated alkanes) is 2. The zero-order chi connectivity index (χ0) is 11.0. The molecule has 2 N–H and O–H groups in total. The van der Waals surface area contributed by atoms with Gasteiger partial charge in [0.2, 0.25) is 0 Å². The van der Waals surface area contributed by atoms with E-state index in [9.17, 15) is 0 Å². The Morgan fingerprint density at radius 2 is 1.86 bits per heavy atom. The third-order valence-electron chi connectivity index (χ3n) is 2.06. The predicted octanol–water partition coefficient (Wildman–Crippen LogP) is 2.92. The summed E-state index contributed by atoms with van der Waals surface area (Å²) < 4.78 is 0. The summed E-state index contributed by atoms with van der Waals surface area (Å²) in [6.07, 6.45) is 5.88. The molecule has 0 aromatic carbocycles. The molecular formula is C11H24N2S. The monoisotopic (exact) mass is 216 g/mol. The van der Waals surface area contributed by atoms with E-state index in [1.165, 1.54) is 18.6 Å². The number of aliphatic imine (C=N–C) groups is 1. The summed E-state index contributed by atoms with van der Waals surface area (Å²) in [7, 11) is 0. The van der Waals surface area contributed by atoms with Gasteiger partial charge in [0.05, 0.1) is 5.84 Å². The molecule has 0 amide bonds. The van der Waals surface area contributed by atoms with Gasteiger partial charge < -0.3 is 5.73 Å². The Bertz CT molecular complexity index is 171. The molecule has 0 rings (SSSR count). The number of hydrogen-bond acceptors (Lipinski definition) is 2. The lowest BCUT2D eigenvalue weighted by atomic mass is 9.95. The maximum atomic E-state index is 5.84. The van der Waals surface area contributed by atoms with Crippen LogP contribution >= 0.6 is 11.8 Å². The van der Waals surface area contributed by atoms with E-state index in [4.69, 9.17) is 5.73 Å². The van der Waals surface area contributed by atoms with Gasteiger partial charge in [-0.15, -0.1) is 0 Å². The molecule has 0 spiro atoms. The summed E-state index contributed by atoms with van der Waals surface area (Å²) in [6.45, 7) is 7.18. The molecule has 84 valence electrons. The van der Waals surface area contributed by atoms with Crippen molar-refractivity contribution in [3.05, 3.63) is 0 Å². The second kappa shape index (κ2) is 7.16. The summed E-state index contributed by atoms with van der Waals surface area (Å²) in [5.41, 5.74) is 5.86. The van der Waals surface area contributed by atoms with Gasteiger partial charge in [0.15, 0.2) is 0 Å². The van der Waals surface area contributed by atoms with Crippen LogP contribution in [0.15, 0.2) is 4.99 Å². The number of amidine groups is 1. The van der Waals surface area contributed by atoms with Gasteiger partial charge in [-0.2, -0.15) is 11.8 Å². The van der Waals surface area contributed by atoms with Crippen LogP contribution in [0.5, 0.6) is 0 Å². The van der Waals surface area contributed by atoms with Crippen LogP contribution in [-0.2, 0) is 0 Å². The summed E-state index contributed by atoms with van der Waals surface area (Å²) >= 11 is 1.91. The fraction of sp³-hybridized carbons (Fsp3) is 0.909. The van der Waals surface area contributed by atoms with Crippen molar-refractivity contribution in [2.45, 2.75) is 40.0 Å². The first-order chi connectivity index (χ1) is 6.48. The van der Waals surface area contributed by atoms with Crippen molar-refractivity contribution in [2.75, 3.05) is 18.6 Å². The minimum absolute atomic E-state index is 0.0271. The molecule has 2 nitrogen and oxygen atoms in total. The Kier molecular flexibility index (Phi) is 7.06. The van der Waals surface area contributed by atoms with Crippen LogP contribution in [0.2, 0.25) is 0 Å². The minimum Gasteiger partial charge on any atom is -0.387 e. The molecule has 0 saturated carbocycles. The van der Waals surface area contributed by atoms with Gasteiger partial charge in [0, 0.05) is 12.0 Å². The topological polar surface area (TPSA) is 38.4 Å². The molecule has 3 heteroatoms. The van der Waals surface area contributed by atoms with E-state index in [0.717, 1.165) is 18.8 Å². The van der Waals surface area contributed by atoms with Crippen molar-refractivity contribution in [1.29, 1.82) is 0 Å². The fourth-order valence-corrected chi connectivity index (χ4v) is 1.46. The average Bonchev–Trinajstić information content (AvgIpc) is 2.09. The van der Waals surface area contributed by atoms with Crippen molar-refractivity contribution >= 4 is 17.6 Å². The highest BCUT2D eigenvalue weighted by molar-refractivity contribution is 7.98. The van der Waals surface area contributed by atoms with E-state index in [1.54, 1.807) is 0 Å². The summed E-state index contributed by atoms with van der Waals surface area (Å²) in [4.78, 5) is 4.38. The van der Waals surface area contributed by atoms with Gasteiger partial charge in [-0.05, 0) is 24.9 Å². The smallest absolute Gasteiger partial charge is 0.0991 e. The van der Waals surface area contributed by atoms with Crippen LogP contribution in [-0.4, -0.2) is 24.4 Å². The Hall–Kier alpha value is -0.180. The van der Waals surface area contributed by atoms with Crippen molar-refractivity contribution < 1.29 is 0 Å².